The minimum absolute atomic E-state index is 0.885. The van der Waals surface area contributed by atoms with Crippen LogP contribution in [0.5, 0.6) is 0 Å². The Morgan fingerprint density at radius 2 is 0.477 bits per heavy atom. The van der Waals surface area contributed by atoms with Crippen LogP contribution in [0.1, 0.15) is 0 Å². The van der Waals surface area contributed by atoms with E-state index >= 15 is 0 Å². The molecule has 33 rings (SSSR count). The summed E-state index contributed by atoms with van der Waals surface area (Å²) < 4.78 is 31.2. The maximum Gasteiger partial charge on any atom is 0.138 e. The lowest BCUT2D eigenvalue weighted by Crippen LogP contribution is -1.90. The summed E-state index contributed by atoms with van der Waals surface area (Å²) in [6.45, 7) is 0. The molecule has 0 fully saturated rings. The van der Waals surface area contributed by atoms with Crippen LogP contribution in [0, 0.1) is 0 Å². The van der Waals surface area contributed by atoms with E-state index in [1.807, 2.05) is 73.2 Å². The highest BCUT2D eigenvalue weighted by Gasteiger charge is 2.25. The second kappa shape index (κ2) is 33.2. The molecule has 13 heterocycles. The van der Waals surface area contributed by atoms with Crippen LogP contribution in [0.2, 0.25) is 0 Å². The summed E-state index contributed by atoms with van der Waals surface area (Å²) in [5, 5.41) is 25.5. The van der Waals surface area contributed by atoms with Gasteiger partial charge >= 0.3 is 0 Å². The predicted molar refractivity (Wildman–Crippen MR) is 612 cm³/mol. The lowest BCUT2D eigenvalue weighted by Gasteiger charge is -2.11. The van der Waals surface area contributed by atoms with Crippen molar-refractivity contribution in [1.82, 2.24) is 43.1 Å². The van der Waals surface area contributed by atoms with Crippen molar-refractivity contribution in [1.29, 1.82) is 0 Å². The highest BCUT2D eigenvalue weighted by molar-refractivity contribution is 6.28. The zero-order valence-corrected chi connectivity index (χ0v) is 79.8. The number of aromatic nitrogens is 9. The number of pyridine rings is 6. The Morgan fingerprint density at radius 1 is 0.161 bits per heavy atom. The molecule has 13 nitrogen and oxygen atoms in total. The van der Waals surface area contributed by atoms with Gasteiger partial charge in [0.15, 0.2) is 0 Å². The van der Waals surface area contributed by atoms with E-state index in [-0.39, 0.29) is 0 Å². The average molecular weight is 1900 g/mol. The molecule has 0 amide bonds. The molecule has 0 radical (unpaired) electrons. The summed E-state index contributed by atoms with van der Waals surface area (Å²) >= 11 is 0. The molecule has 692 valence electrons. The highest BCUT2D eigenvalue weighted by Crippen LogP contribution is 2.47. The van der Waals surface area contributed by atoms with Gasteiger partial charge in [0.05, 0.1) is 50.2 Å². The average Bonchev–Trinajstić information content (AvgIpc) is 1.60. The molecule has 0 aliphatic carbocycles. The lowest BCUT2D eigenvalue weighted by molar-refractivity contribution is 0.668. The van der Waals surface area contributed by atoms with Crippen molar-refractivity contribution < 1.29 is 17.7 Å². The van der Waals surface area contributed by atoms with E-state index in [2.05, 4.69) is 420 Å². The van der Waals surface area contributed by atoms with E-state index in [1.54, 1.807) is 0 Å². The normalized spacial score (nSPS) is 12.0. The molecule has 0 aliphatic heterocycles. The van der Waals surface area contributed by atoms with Gasteiger partial charge in [0.1, 0.15) is 61.6 Å². The van der Waals surface area contributed by atoms with Gasteiger partial charge in [-0.3, -0.25) is 28.2 Å². The number of fused-ring (bicyclic) bond motifs is 37. The van der Waals surface area contributed by atoms with Crippen LogP contribution in [-0.2, 0) is 0 Å². The molecule has 0 aliphatic rings. The summed E-state index contributed by atoms with van der Waals surface area (Å²) in [6, 6.07) is 156. The number of hydrogen-bond acceptors (Lipinski definition) is 10. The molecular weight excluding hydrogens is 1820 g/mol. The summed E-state index contributed by atoms with van der Waals surface area (Å²) in [5.74, 6) is 0. The molecule has 0 saturated carbocycles. The molecule has 0 spiro atoms. The molecule has 0 bridgehead atoms. The fourth-order valence-corrected chi connectivity index (χ4v) is 23.1. The van der Waals surface area contributed by atoms with Gasteiger partial charge in [0, 0.05) is 140 Å². The van der Waals surface area contributed by atoms with E-state index in [0.29, 0.717) is 0 Å². The Hall–Kier alpha value is -20.3. The molecule has 0 saturated heterocycles. The number of furan rings is 4. The second-order valence-corrected chi connectivity index (χ2v) is 38.7. The molecule has 0 unspecified atom stereocenters. The van der Waals surface area contributed by atoms with E-state index in [0.717, 1.165) is 249 Å². The Labute approximate surface area is 848 Å². The first-order chi connectivity index (χ1) is 73.8. The third-order valence-electron chi connectivity index (χ3n) is 30.3. The van der Waals surface area contributed by atoms with Crippen LogP contribution in [0.25, 0.3) is 314 Å². The monoisotopic (exact) mass is 1900 g/mol. The first-order valence-corrected chi connectivity index (χ1v) is 50.2. The Morgan fingerprint density at radius 3 is 0.919 bits per heavy atom. The van der Waals surface area contributed by atoms with Gasteiger partial charge in [0.2, 0.25) is 0 Å². The van der Waals surface area contributed by atoms with Gasteiger partial charge < -0.3 is 17.7 Å². The van der Waals surface area contributed by atoms with Crippen LogP contribution >= 0.6 is 0 Å². The number of para-hydroxylation sites is 4. The minimum atomic E-state index is 0.885. The smallest absolute Gasteiger partial charge is 0.138 e. The quantitative estimate of drug-likeness (QED) is 0.128. The molecule has 33 aromatic rings. The van der Waals surface area contributed by atoms with Gasteiger partial charge in [-0.25, -0.2) is 15.0 Å². The van der Waals surface area contributed by atoms with E-state index in [4.69, 9.17) is 47.6 Å². The molecule has 0 atom stereocenters. The van der Waals surface area contributed by atoms with Crippen LogP contribution in [-0.4, -0.2) is 43.1 Å². The van der Waals surface area contributed by atoms with Crippen LogP contribution in [0.15, 0.2) is 498 Å². The van der Waals surface area contributed by atoms with Crippen molar-refractivity contribution in [3.05, 3.63) is 480 Å². The maximum atomic E-state index is 6.21. The largest absolute Gasteiger partial charge is 0.456 e. The summed E-state index contributed by atoms with van der Waals surface area (Å²) in [5.41, 5.74) is 35.9. The zero-order valence-electron chi connectivity index (χ0n) is 79.8. The number of hydrogen-bond donors (Lipinski definition) is 0. The fourth-order valence-electron chi connectivity index (χ4n) is 23.1. The van der Waals surface area contributed by atoms with E-state index < -0.39 is 0 Å². The Bertz CT molecular complexity index is 11400. The Kier molecular flexibility index (Phi) is 18.5. The number of nitrogens with zero attached hydrogens (tertiary/aromatic N) is 9. The van der Waals surface area contributed by atoms with Gasteiger partial charge in [-0.1, -0.05) is 291 Å². The van der Waals surface area contributed by atoms with Gasteiger partial charge in [-0.05, 0) is 250 Å². The van der Waals surface area contributed by atoms with E-state index in [9.17, 15) is 0 Å². The highest BCUT2D eigenvalue weighted by atomic mass is 16.3. The van der Waals surface area contributed by atoms with E-state index in [1.165, 1.54) is 65.0 Å². The number of benzene rings is 20. The van der Waals surface area contributed by atoms with Crippen molar-refractivity contribution >= 4 is 213 Å². The van der Waals surface area contributed by atoms with Crippen LogP contribution < -0.4 is 0 Å². The first-order valence-electron chi connectivity index (χ1n) is 50.2. The SMILES string of the molecule is c1ccc(-c2ccc(-c3ccc4c(c3)c3ccccc3c3nc5cc(-c6ccc7oc8ccccc8c7c6)ccn5c43)nc2)cc1.c1ccc2c(-c3ccc(-c4ccc5c(c4)c4ccccc4c4nc6cc(-c7ccc8oc9ccccc9c8c7)ccn6c54)nc3)cccc2c1.c1ccc2c(c1)oc1cc(-c3ccnc(-c4ccc5c(c4)c4ccccc4c4nc6cc(-c7ccc8oc9ccccc9c8c7)ccn6c54)c3)ccc12. The second-order valence-electron chi connectivity index (χ2n) is 38.7. The van der Waals surface area contributed by atoms with Gasteiger partial charge in [-0.2, -0.15) is 0 Å². The lowest BCUT2D eigenvalue weighted by atomic mass is 9.96. The zero-order chi connectivity index (χ0) is 97.6. The third kappa shape index (κ3) is 13.6. The fraction of sp³-hybridized carbons (Fsp3) is 0. The van der Waals surface area contributed by atoms with Crippen LogP contribution in [0.3, 0.4) is 0 Å². The molecule has 13 heteroatoms. The number of imidazole rings is 3. The topological polar surface area (TPSA) is 143 Å². The van der Waals surface area contributed by atoms with Gasteiger partial charge in [0.25, 0.3) is 0 Å². The van der Waals surface area contributed by atoms with Crippen molar-refractivity contribution in [2.45, 2.75) is 0 Å². The Balaban J connectivity index is 0.000000101. The molecule has 20 aromatic carbocycles. The summed E-state index contributed by atoms with van der Waals surface area (Å²) in [4.78, 5) is 30.4. The minimum Gasteiger partial charge on any atom is -0.456 e. The van der Waals surface area contributed by atoms with Gasteiger partial charge in [-0.15, -0.1) is 0 Å². The third-order valence-corrected chi connectivity index (χ3v) is 30.3. The molecule has 13 aromatic heterocycles. The summed E-state index contributed by atoms with van der Waals surface area (Å²) in [7, 11) is 0. The van der Waals surface area contributed by atoms with Crippen molar-refractivity contribution in [3.63, 3.8) is 0 Å². The maximum absolute atomic E-state index is 6.21. The van der Waals surface area contributed by atoms with Crippen molar-refractivity contribution in [2.24, 2.45) is 0 Å². The van der Waals surface area contributed by atoms with Crippen molar-refractivity contribution in [2.75, 3.05) is 0 Å². The van der Waals surface area contributed by atoms with Crippen molar-refractivity contribution in [3.8, 4) is 101 Å². The van der Waals surface area contributed by atoms with Crippen LogP contribution in [0.4, 0.5) is 0 Å². The molecular formula is C136H79N9O4. The predicted octanol–water partition coefficient (Wildman–Crippen LogP) is 36.3. The number of rotatable bonds is 9. The summed E-state index contributed by atoms with van der Waals surface area (Å²) in [6.07, 6.45) is 12.3. The molecule has 0 N–H and O–H groups in total. The standard InChI is InChI=1S/C48H27N3O2.C46H27N3O.C42H25N3O/c1-2-10-37-33(7-1)39-24-32(41-25-30(19-21-49-41)29-13-16-36-34-8-3-5-11-42(34)53-45(36)26-29)14-17-38(39)48-47(37)50-46-27-31(20-22-51(46)48)28-15-18-44-40(23-28)35-9-4-6-12-43(35)52-44;1-2-10-33-28(8-1)9-7-14-34(33)32-17-20-41(47-27-32)31-16-19-38-39(25-31)35-11-3-4-13-37(35)45-46(38)49-23-22-30(26-44(49)48-45)29-18-21-43-40(24-29)36-12-5-6-15-42(36)50-43;1-2-8-26(9-3-1)30-15-18-37(43-25-30)29-14-17-34-35(23-29)31-10-4-5-12-33(31)41-42(34)45-21-20-28(24-40(45)44-41)27-16-19-39-36(22-27)32-11-6-7-13-38(32)46-39/h1-27H;1-27H;1-25H. The first kappa shape index (κ1) is 83.3. The molecule has 149 heavy (non-hydrogen) atoms.